The third-order valence-electron chi connectivity index (χ3n) is 3.34. The zero-order valence-corrected chi connectivity index (χ0v) is 13.3. The highest BCUT2D eigenvalue weighted by atomic mass is 16.5. The highest BCUT2D eigenvalue weighted by molar-refractivity contribution is 5.35. The molecule has 114 valence electrons. The SMILES string of the molecule is CCC(NCCCCOC(C)C)c1ccccc1OC. The molecule has 1 N–H and O–H groups in total. The molecular weight excluding hydrogens is 250 g/mol. The molecule has 3 heteroatoms. The minimum absolute atomic E-state index is 0.333. The van der Waals surface area contributed by atoms with E-state index in [-0.39, 0.29) is 0 Å². The van der Waals surface area contributed by atoms with Gasteiger partial charge in [-0.25, -0.2) is 0 Å². The highest BCUT2D eigenvalue weighted by Gasteiger charge is 2.12. The summed E-state index contributed by atoms with van der Waals surface area (Å²) in [6, 6.07) is 8.60. The van der Waals surface area contributed by atoms with Gasteiger partial charge in [0.15, 0.2) is 0 Å². The van der Waals surface area contributed by atoms with Crippen molar-refractivity contribution in [3.05, 3.63) is 29.8 Å². The van der Waals surface area contributed by atoms with Crippen LogP contribution in [0.5, 0.6) is 5.75 Å². The molecule has 0 aliphatic rings. The first-order valence-electron chi connectivity index (χ1n) is 7.67. The lowest BCUT2D eigenvalue weighted by Crippen LogP contribution is -2.22. The van der Waals surface area contributed by atoms with Crippen molar-refractivity contribution in [2.45, 2.75) is 52.2 Å². The average Bonchev–Trinajstić information content (AvgIpc) is 2.46. The van der Waals surface area contributed by atoms with E-state index in [9.17, 15) is 0 Å². The minimum Gasteiger partial charge on any atom is -0.496 e. The van der Waals surface area contributed by atoms with Crippen molar-refractivity contribution < 1.29 is 9.47 Å². The zero-order chi connectivity index (χ0) is 14.8. The molecule has 0 saturated carbocycles. The summed E-state index contributed by atoms with van der Waals surface area (Å²) in [5, 5.41) is 3.61. The number of unbranched alkanes of at least 4 members (excludes halogenated alkanes) is 1. The predicted octanol–water partition coefficient (Wildman–Crippen LogP) is 3.94. The molecule has 0 aliphatic carbocycles. The van der Waals surface area contributed by atoms with Crippen molar-refractivity contribution in [3.8, 4) is 5.75 Å². The van der Waals surface area contributed by atoms with E-state index in [0.717, 1.165) is 38.2 Å². The molecule has 1 aromatic carbocycles. The number of benzene rings is 1. The van der Waals surface area contributed by atoms with Crippen molar-refractivity contribution in [3.63, 3.8) is 0 Å². The zero-order valence-electron chi connectivity index (χ0n) is 13.3. The number of para-hydroxylation sites is 1. The maximum atomic E-state index is 5.55. The summed E-state index contributed by atoms with van der Waals surface area (Å²) in [5.41, 5.74) is 1.25. The van der Waals surface area contributed by atoms with Gasteiger partial charge in [0.2, 0.25) is 0 Å². The van der Waals surface area contributed by atoms with Crippen LogP contribution in [0.25, 0.3) is 0 Å². The summed E-state index contributed by atoms with van der Waals surface area (Å²) < 4.78 is 11.0. The van der Waals surface area contributed by atoms with E-state index in [1.807, 2.05) is 12.1 Å². The standard InChI is InChI=1S/C17H29NO2/c1-5-16(15-10-6-7-11-17(15)19-4)18-12-8-9-13-20-14(2)3/h6-7,10-11,14,16,18H,5,8-9,12-13H2,1-4H3. The van der Waals surface area contributed by atoms with Gasteiger partial charge in [0.25, 0.3) is 0 Å². The molecule has 0 bridgehead atoms. The molecule has 0 aromatic heterocycles. The second-order valence-corrected chi connectivity index (χ2v) is 5.28. The first-order valence-corrected chi connectivity index (χ1v) is 7.67. The number of ether oxygens (including phenoxy) is 2. The number of nitrogens with one attached hydrogen (secondary N) is 1. The molecule has 3 nitrogen and oxygen atoms in total. The monoisotopic (exact) mass is 279 g/mol. The summed E-state index contributed by atoms with van der Waals surface area (Å²) in [6.07, 6.45) is 3.63. The van der Waals surface area contributed by atoms with Gasteiger partial charge in [-0.2, -0.15) is 0 Å². The Bertz CT molecular complexity index is 366. The van der Waals surface area contributed by atoms with Gasteiger partial charge in [-0.05, 0) is 45.7 Å². The molecule has 0 heterocycles. The Kier molecular flexibility index (Phi) is 8.31. The topological polar surface area (TPSA) is 30.5 Å². The molecule has 1 atom stereocenters. The van der Waals surface area contributed by atoms with Gasteiger partial charge in [0.1, 0.15) is 5.75 Å². The Morgan fingerprint density at radius 1 is 1.15 bits per heavy atom. The lowest BCUT2D eigenvalue weighted by atomic mass is 10.0. The fourth-order valence-corrected chi connectivity index (χ4v) is 2.25. The van der Waals surface area contributed by atoms with Crippen LogP contribution < -0.4 is 10.1 Å². The van der Waals surface area contributed by atoms with Crippen LogP contribution in [0, 0.1) is 0 Å². The van der Waals surface area contributed by atoms with Crippen LogP contribution in [0.1, 0.15) is 51.6 Å². The fourth-order valence-electron chi connectivity index (χ4n) is 2.25. The molecular formula is C17H29NO2. The first-order chi connectivity index (χ1) is 9.69. The third kappa shape index (κ3) is 5.93. The van der Waals surface area contributed by atoms with Gasteiger partial charge in [0, 0.05) is 18.2 Å². The fraction of sp³-hybridized carbons (Fsp3) is 0.647. The molecule has 0 amide bonds. The quantitative estimate of drug-likeness (QED) is 0.658. The molecule has 1 unspecified atom stereocenters. The van der Waals surface area contributed by atoms with Gasteiger partial charge < -0.3 is 14.8 Å². The van der Waals surface area contributed by atoms with E-state index in [2.05, 4.69) is 38.2 Å². The van der Waals surface area contributed by atoms with E-state index in [1.165, 1.54) is 5.56 Å². The number of methoxy groups -OCH3 is 1. The molecule has 0 fully saturated rings. The summed E-state index contributed by atoms with van der Waals surface area (Å²) in [6.45, 7) is 8.22. The van der Waals surface area contributed by atoms with E-state index >= 15 is 0 Å². The van der Waals surface area contributed by atoms with Crippen LogP contribution in [-0.4, -0.2) is 26.4 Å². The highest BCUT2D eigenvalue weighted by Crippen LogP contribution is 2.26. The third-order valence-corrected chi connectivity index (χ3v) is 3.34. The van der Waals surface area contributed by atoms with Crippen molar-refractivity contribution in [2.24, 2.45) is 0 Å². The second kappa shape index (κ2) is 9.78. The Morgan fingerprint density at radius 3 is 2.55 bits per heavy atom. The predicted molar refractivity (Wildman–Crippen MR) is 84.4 cm³/mol. The number of rotatable bonds is 10. The van der Waals surface area contributed by atoms with Crippen LogP contribution in [0.2, 0.25) is 0 Å². The summed E-state index contributed by atoms with van der Waals surface area (Å²) in [5.74, 6) is 0.968. The summed E-state index contributed by atoms with van der Waals surface area (Å²) in [4.78, 5) is 0. The van der Waals surface area contributed by atoms with Gasteiger partial charge in [-0.3, -0.25) is 0 Å². The maximum absolute atomic E-state index is 5.55. The van der Waals surface area contributed by atoms with Gasteiger partial charge in [-0.1, -0.05) is 25.1 Å². The Labute approximate surface area is 123 Å². The van der Waals surface area contributed by atoms with E-state index in [4.69, 9.17) is 9.47 Å². The van der Waals surface area contributed by atoms with Crippen LogP contribution in [-0.2, 0) is 4.74 Å². The summed E-state index contributed by atoms with van der Waals surface area (Å²) in [7, 11) is 1.73. The van der Waals surface area contributed by atoms with E-state index in [0.29, 0.717) is 12.1 Å². The Morgan fingerprint density at radius 2 is 1.90 bits per heavy atom. The largest absolute Gasteiger partial charge is 0.496 e. The maximum Gasteiger partial charge on any atom is 0.123 e. The Hall–Kier alpha value is -1.06. The second-order valence-electron chi connectivity index (χ2n) is 5.28. The van der Waals surface area contributed by atoms with Gasteiger partial charge >= 0.3 is 0 Å². The Balaban J connectivity index is 2.36. The van der Waals surface area contributed by atoms with Crippen molar-refractivity contribution >= 4 is 0 Å². The van der Waals surface area contributed by atoms with Crippen molar-refractivity contribution in [1.29, 1.82) is 0 Å². The summed E-state index contributed by atoms with van der Waals surface area (Å²) >= 11 is 0. The molecule has 0 saturated heterocycles. The minimum atomic E-state index is 0.333. The van der Waals surface area contributed by atoms with Gasteiger partial charge in [-0.15, -0.1) is 0 Å². The van der Waals surface area contributed by atoms with Crippen molar-refractivity contribution in [1.82, 2.24) is 5.32 Å². The van der Waals surface area contributed by atoms with Crippen LogP contribution >= 0.6 is 0 Å². The smallest absolute Gasteiger partial charge is 0.123 e. The first kappa shape index (κ1) is 17.0. The number of hydrogen-bond donors (Lipinski definition) is 1. The molecule has 0 aliphatic heterocycles. The average molecular weight is 279 g/mol. The lowest BCUT2D eigenvalue weighted by molar-refractivity contribution is 0.0759. The van der Waals surface area contributed by atoms with E-state index < -0.39 is 0 Å². The van der Waals surface area contributed by atoms with Crippen LogP contribution in [0.4, 0.5) is 0 Å². The normalized spacial score (nSPS) is 12.7. The molecule has 1 rings (SSSR count). The van der Waals surface area contributed by atoms with Gasteiger partial charge in [0.05, 0.1) is 13.2 Å². The molecule has 20 heavy (non-hydrogen) atoms. The van der Waals surface area contributed by atoms with Crippen molar-refractivity contribution in [2.75, 3.05) is 20.3 Å². The lowest BCUT2D eigenvalue weighted by Gasteiger charge is -2.20. The van der Waals surface area contributed by atoms with Crippen LogP contribution in [0.15, 0.2) is 24.3 Å². The molecule has 1 aromatic rings. The van der Waals surface area contributed by atoms with E-state index in [1.54, 1.807) is 7.11 Å². The van der Waals surface area contributed by atoms with Crippen LogP contribution in [0.3, 0.4) is 0 Å². The molecule has 0 spiro atoms. The molecule has 0 radical (unpaired) electrons. The number of hydrogen-bond acceptors (Lipinski definition) is 3.